The molecule has 27 heavy (non-hydrogen) atoms. The molecule has 0 bridgehead atoms. The molecule has 2 heterocycles. The van der Waals surface area contributed by atoms with Crippen molar-refractivity contribution in [3.8, 4) is 11.1 Å². The van der Waals surface area contributed by atoms with Crippen LogP contribution in [0.5, 0.6) is 0 Å². The SMILES string of the molecule is Nc1ccc(-c2c(=O)ncn3nc(Sc4ccc(F)cc4)ccc23)c(Cl)c1. The molecule has 0 radical (unpaired) electrons. The summed E-state index contributed by atoms with van der Waals surface area (Å²) in [5.41, 5.74) is 7.32. The molecule has 2 aromatic heterocycles. The lowest BCUT2D eigenvalue weighted by Crippen LogP contribution is -2.13. The van der Waals surface area contributed by atoms with Crippen molar-refractivity contribution in [1.29, 1.82) is 0 Å². The van der Waals surface area contributed by atoms with Crippen LogP contribution >= 0.6 is 23.4 Å². The van der Waals surface area contributed by atoms with E-state index in [4.69, 9.17) is 17.3 Å². The van der Waals surface area contributed by atoms with E-state index in [0.717, 1.165) is 4.90 Å². The fraction of sp³-hybridized carbons (Fsp3) is 0. The molecule has 0 aliphatic heterocycles. The number of aromatic nitrogens is 3. The van der Waals surface area contributed by atoms with E-state index >= 15 is 0 Å². The second kappa shape index (κ2) is 7.02. The number of fused-ring (bicyclic) bond motifs is 1. The Balaban J connectivity index is 1.81. The number of nitrogens with two attached hydrogens (primary N) is 1. The van der Waals surface area contributed by atoms with Crippen LogP contribution in [-0.2, 0) is 0 Å². The van der Waals surface area contributed by atoms with Crippen molar-refractivity contribution in [2.24, 2.45) is 0 Å². The first kappa shape index (κ1) is 17.5. The zero-order valence-electron chi connectivity index (χ0n) is 13.8. The molecule has 0 atom stereocenters. The van der Waals surface area contributed by atoms with Crippen molar-refractivity contribution in [3.05, 3.63) is 82.1 Å². The van der Waals surface area contributed by atoms with E-state index in [1.807, 2.05) is 0 Å². The Morgan fingerprint density at radius 2 is 1.85 bits per heavy atom. The minimum absolute atomic E-state index is 0.294. The third-order valence-electron chi connectivity index (χ3n) is 3.89. The summed E-state index contributed by atoms with van der Waals surface area (Å²) in [6.45, 7) is 0. The average Bonchev–Trinajstić information content (AvgIpc) is 2.65. The Morgan fingerprint density at radius 3 is 2.59 bits per heavy atom. The number of anilines is 1. The minimum Gasteiger partial charge on any atom is -0.399 e. The molecule has 134 valence electrons. The summed E-state index contributed by atoms with van der Waals surface area (Å²) in [5, 5.41) is 5.53. The second-order valence-electron chi connectivity index (χ2n) is 5.72. The zero-order valence-corrected chi connectivity index (χ0v) is 15.3. The highest BCUT2D eigenvalue weighted by Crippen LogP contribution is 2.31. The van der Waals surface area contributed by atoms with Gasteiger partial charge in [0.05, 0.1) is 16.1 Å². The van der Waals surface area contributed by atoms with Gasteiger partial charge >= 0.3 is 0 Å². The summed E-state index contributed by atoms with van der Waals surface area (Å²) in [6.07, 6.45) is 1.36. The Labute approximate surface area is 162 Å². The molecule has 0 saturated heterocycles. The van der Waals surface area contributed by atoms with Crippen molar-refractivity contribution < 1.29 is 4.39 Å². The molecule has 0 saturated carbocycles. The van der Waals surface area contributed by atoms with Gasteiger partial charge in [-0.1, -0.05) is 29.4 Å². The van der Waals surface area contributed by atoms with Crippen molar-refractivity contribution in [3.63, 3.8) is 0 Å². The highest BCUT2D eigenvalue weighted by atomic mass is 35.5. The smallest absolute Gasteiger partial charge is 0.281 e. The Morgan fingerprint density at radius 1 is 1.07 bits per heavy atom. The van der Waals surface area contributed by atoms with Gasteiger partial charge in [0, 0.05) is 16.1 Å². The number of hydrogen-bond donors (Lipinski definition) is 1. The molecule has 0 aliphatic rings. The lowest BCUT2D eigenvalue weighted by Gasteiger charge is -2.10. The van der Waals surface area contributed by atoms with Crippen LogP contribution in [0.1, 0.15) is 0 Å². The van der Waals surface area contributed by atoms with Gasteiger partial charge in [0.15, 0.2) is 0 Å². The van der Waals surface area contributed by atoms with E-state index in [2.05, 4.69) is 10.1 Å². The van der Waals surface area contributed by atoms with E-state index in [9.17, 15) is 9.18 Å². The van der Waals surface area contributed by atoms with Gasteiger partial charge in [-0.15, -0.1) is 0 Å². The van der Waals surface area contributed by atoms with E-state index < -0.39 is 5.56 Å². The maximum Gasteiger partial charge on any atom is 0.281 e. The molecule has 5 nitrogen and oxygen atoms in total. The van der Waals surface area contributed by atoms with Gasteiger partial charge in [-0.05, 0) is 48.5 Å². The molecule has 8 heteroatoms. The van der Waals surface area contributed by atoms with Crippen molar-refractivity contribution >= 4 is 34.6 Å². The summed E-state index contributed by atoms with van der Waals surface area (Å²) in [5.74, 6) is -0.294. The van der Waals surface area contributed by atoms with E-state index in [-0.39, 0.29) is 5.82 Å². The Bertz CT molecular complexity index is 1210. The molecule has 4 rings (SSSR count). The highest BCUT2D eigenvalue weighted by molar-refractivity contribution is 7.99. The first-order valence-corrected chi connectivity index (χ1v) is 9.08. The molecule has 4 aromatic rings. The molecule has 0 spiro atoms. The quantitative estimate of drug-likeness (QED) is 0.521. The van der Waals surface area contributed by atoms with Gasteiger partial charge in [0.25, 0.3) is 5.56 Å². The number of nitrogens with zero attached hydrogens (tertiary/aromatic N) is 3. The van der Waals surface area contributed by atoms with Crippen LogP contribution in [0.3, 0.4) is 0 Å². The van der Waals surface area contributed by atoms with Crippen molar-refractivity contribution in [2.75, 3.05) is 5.73 Å². The fourth-order valence-corrected chi connectivity index (χ4v) is 3.71. The minimum atomic E-state index is -0.401. The van der Waals surface area contributed by atoms with Gasteiger partial charge in [-0.2, -0.15) is 10.1 Å². The van der Waals surface area contributed by atoms with Gasteiger partial charge in [0.1, 0.15) is 17.2 Å². The number of rotatable bonds is 3. The van der Waals surface area contributed by atoms with E-state index in [0.29, 0.717) is 32.4 Å². The van der Waals surface area contributed by atoms with Crippen LogP contribution in [0.4, 0.5) is 10.1 Å². The van der Waals surface area contributed by atoms with E-state index in [1.165, 1.54) is 34.7 Å². The van der Waals surface area contributed by atoms with Gasteiger partial charge in [0.2, 0.25) is 0 Å². The third kappa shape index (κ3) is 3.51. The molecule has 0 aliphatic carbocycles. The Kier molecular flexibility index (Phi) is 4.55. The van der Waals surface area contributed by atoms with Gasteiger partial charge in [-0.25, -0.2) is 8.91 Å². The van der Waals surface area contributed by atoms with Crippen molar-refractivity contribution in [2.45, 2.75) is 9.92 Å². The predicted molar refractivity (Wildman–Crippen MR) is 105 cm³/mol. The summed E-state index contributed by atoms with van der Waals surface area (Å²) < 4.78 is 14.6. The van der Waals surface area contributed by atoms with Crippen LogP contribution in [0.2, 0.25) is 5.02 Å². The largest absolute Gasteiger partial charge is 0.399 e. The third-order valence-corrected chi connectivity index (χ3v) is 5.14. The average molecular weight is 399 g/mol. The van der Waals surface area contributed by atoms with Crippen LogP contribution in [-0.4, -0.2) is 14.6 Å². The van der Waals surface area contributed by atoms with Crippen LogP contribution in [0.25, 0.3) is 16.6 Å². The fourth-order valence-electron chi connectivity index (χ4n) is 2.65. The second-order valence-corrected chi connectivity index (χ2v) is 7.22. The summed E-state index contributed by atoms with van der Waals surface area (Å²) in [6, 6.07) is 14.7. The normalized spacial score (nSPS) is 11.0. The molecular weight excluding hydrogens is 387 g/mol. The maximum absolute atomic E-state index is 13.0. The predicted octanol–water partition coefficient (Wildman–Crippen LogP) is 4.28. The standard InChI is InChI=1S/C19H12ClFN4OS/c20-15-9-12(22)3-6-14(15)18-16-7-8-17(24-25(16)10-23-19(18)26)27-13-4-1-11(21)2-5-13/h1-10H,22H2. The van der Waals surface area contributed by atoms with Crippen LogP contribution in [0, 0.1) is 5.82 Å². The van der Waals surface area contributed by atoms with Crippen molar-refractivity contribution in [1.82, 2.24) is 14.6 Å². The Hall–Kier alpha value is -2.90. The van der Waals surface area contributed by atoms with Gasteiger partial charge < -0.3 is 5.73 Å². The first-order valence-electron chi connectivity index (χ1n) is 7.89. The van der Waals surface area contributed by atoms with Crippen LogP contribution < -0.4 is 11.3 Å². The monoisotopic (exact) mass is 398 g/mol. The van der Waals surface area contributed by atoms with E-state index in [1.54, 1.807) is 42.5 Å². The molecule has 0 unspecified atom stereocenters. The molecule has 0 fully saturated rings. The number of nitrogen functional groups attached to an aromatic ring is 1. The number of halogens is 2. The highest BCUT2D eigenvalue weighted by Gasteiger charge is 2.14. The summed E-state index contributed by atoms with van der Waals surface area (Å²) in [7, 11) is 0. The molecular formula is C19H12ClFN4OS. The lowest BCUT2D eigenvalue weighted by atomic mass is 10.1. The number of benzene rings is 2. The van der Waals surface area contributed by atoms with Gasteiger partial charge in [-0.3, -0.25) is 4.79 Å². The topological polar surface area (TPSA) is 73.3 Å². The lowest BCUT2D eigenvalue weighted by molar-refractivity contribution is 0.626. The summed E-state index contributed by atoms with van der Waals surface area (Å²) in [4.78, 5) is 17.1. The first-order chi connectivity index (χ1) is 13.0. The molecule has 2 N–H and O–H groups in total. The maximum atomic E-state index is 13.0. The zero-order chi connectivity index (χ0) is 19.0. The number of hydrogen-bond acceptors (Lipinski definition) is 5. The summed E-state index contributed by atoms with van der Waals surface area (Å²) >= 11 is 7.65. The van der Waals surface area contributed by atoms with Crippen LogP contribution in [0.15, 0.2) is 75.6 Å². The molecule has 2 aromatic carbocycles. The molecule has 0 amide bonds.